The van der Waals surface area contributed by atoms with Gasteiger partial charge in [0.05, 0.1) is 19.0 Å². The number of pyridine rings is 1. The van der Waals surface area contributed by atoms with Crippen molar-refractivity contribution in [1.29, 1.82) is 0 Å². The Labute approximate surface area is 237 Å². The first-order valence-electron chi connectivity index (χ1n) is 11.7. The molecule has 0 saturated heterocycles. The Morgan fingerprint density at radius 2 is 1.70 bits per heavy atom. The van der Waals surface area contributed by atoms with E-state index in [1.807, 2.05) is 18.2 Å². The van der Waals surface area contributed by atoms with Crippen molar-refractivity contribution in [2.45, 2.75) is 31.7 Å². The maximum absolute atomic E-state index is 13.5. The monoisotopic (exact) mass is 515 g/mol. The van der Waals surface area contributed by atoms with E-state index in [0.29, 0.717) is 24.1 Å². The SMILES string of the molecule is O=C(O)CC(NC(=O)CNC(=O)CCCCNc1ccccn1)c1ccc(-c2cccc(F)c2)cc1.[Na]. The van der Waals surface area contributed by atoms with Crippen LogP contribution in [0.4, 0.5) is 10.2 Å². The molecule has 1 radical (unpaired) electrons. The molecule has 189 valence electrons. The van der Waals surface area contributed by atoms with E-state index in [-0.39, 0.29) is 60.7 Å². The maximum atomic E-state index is 13.5. The van der Waals surface area contributed by atoms with Crippen molar-refractivity contribution in [3.8, 4) is 11.1 Å². The van der Waals surface area contributed by atoms with Gasteiger partial charge in [-0.25, -0.2) is 9.37 Å². The number of unbranched alkanes of at least 4 members (excludes halogenated alkanes) is 1. The summed E-state index contributed by atoms with van der Waals surface area (Å²) in [5.74, 6) is -1.38. The molecule has 0 spiro atoms. The van der Waals surface area contributed by atoms with Crippen molar-refractivity contribution in [3.63, 3.8) is 0 Å². The first kappa shape index (κ1) is 30.0. The Morgan fingerprint density at radius 1 is 0.919 bits per heavy atom. The summed E-state index contributed by atoms with van der Waals surface area (Å²) < 4.78 is 13.5. The predicted molar refractivity (Wildman–Crippen MR) is 140 cm³/mol. The van der Waals surface area contributed by atoms with Crippen LogP contribution in [-0.2, 0) is 14.4 Å². The number of carbonyl (C=O) groups is 3. The summed E-state index contributed by atoms with van der Waals surface area (Å²) in [5.41, 5.74) is 2.05. The molecule has 0 fully saturated rings. The van der Waals surface area contributed by atoms with E-state index in [9.17, 15) is 23.9 Å². The zero-order valence-corrected chi connectivity index (χ0v) is 22.7. The van der Waals surface area contributed by atoms with Gasteiger partial charge in [-0.1, -0.05) is 42.5 Å². The summed E-state index contributed by atoms with van der Waals surface area (Å²) in [6, 6.07) is 17.8. The Morgan fingerprint density at radius 3 is 2.38 bits per heavy atom. The van der Waals surface area contributed by atoms with Crippen LogP contribution >= 0.6 is 0 Å². The first-order valence-corrected chi connectivity index (χ1v) is 11.7. The van der Waals surface area contributed by atoms with Crippen molar-refractivity contribution < 1.29 is 23.9 Å². The average molecular weight is 516 g/mol. The number of carboxylic acid groups (broad SMARTS) is 1. The van der Waals surface area contributed by atoms with E-state index in [0.717, 1.165) is 17.8 Å². The number of hydrogen-bond donors (Lipinski definition) is 4. The van der Waals surface area contributed by atoms with Gasteiger partial charge >= 0.3 is 5.97 Å². The molecule has 0 aliphatic heterocycles. The van der Waals surface area contributed by atoms with Crippen molar-refractivity contribution in [3.05, 3.63) is 84.3 Å². The van der Waals surface area contributed by atoms with Crippen LogP contribution in [0.25, 0.3) is 11.1 Å². The number of aliphatic carboxylic acids is 1. The van der Waals surface area contributed by atoms with Gasteiger partial charge in [0.1, 0.15) is 11.6 Å². The zero-order chi connectivity index (χ0) is 25.8. The van der Waals surface area contributed by atoms with Gasteiger partial charge in [-0.3, -0.25) is 14.4 Å². The number of amides is 2. The Bertz CT molecular complexity index is 1160. The maximum Gasteiger partial charge on any atom is 0.305 e. The fraction of sp³-hybridized carbons (Fsp3) is 0.259. The second-order valence-corrected chi connectivity index (χ2v) is 8.23. The van der Waals surface area contributed by atoms with E-state index in [2.05, 4.69) is 20.9 Å². The molecule has 0 aliphatic carbocycles. The molecule has 8 nitrogen and oxygen atoms in total. The molecule has 2 amide bonds. The normalized spacial score (nSPS) is 11.1. The van der Waals surface area contributed by atoms with Gasteiger partial charge in [-0.2, -0.15) is 0 Å². The van der Waals surface area contributed by atoms with E-state index in [1.165, 1.54) is 12.1 Å². The molecule has 1 aromatic heterocycles. The van der Waals surface area contributed by atoms with Gasteiger partial charge in [0, 0.05) is 48.7 Å². The van der Waals surface area contributed by atoms with E-state index < -0.39 is 17.9 Å². The van der Waals surface area contributed by atoms with Crippen LogP contribution in [0.2, 0.25) is 0 Å². The number of carboxylic acids is 1. The van der Waals surface area contributed by atoms with Crippen molar-refractivity contribution in [1.82, 2.24) is 15.6 Å². The van der Waals surface area contributed by atoms with Crippen LogP contribution in [0.1, 0.15) is 37.3 Å². The third-order valence-corrected chi connectivity index (χ3v) is 5.43. The van der Waals surface area contributed by atoms with Gasteiger partial charge in [0.25, 0.3) is 0 Å². The molecule has 2 aromatic carbocycles. The smallest absolute Gasteiger partial charge is 0.305 e. The summed E-state index contributed by atoms with van der Waals surface area (Å²) in [6.45, 7) is 0.433. The van der Waals surface area contributed by atoms with Crippen LogP contribution in [0.5, 0.6) is 0 Å². The minimum atomic E-state index is -1.07. The van der Waals surface area contributed by atoms with Crippen LogP contribution in [0.15, 0.2) is 72.9 Å². The third-order valence-electron chi connectivity index (χ3n) is 5.43. The molecule has 1 heterocycles. The van der Waals surface area contributed by atoms with Crippen molar-refractivity contribution in [2.24, 2.45) is 0 Å². The van der Waals surface area contributed by atoms with Crippen LogP contribution in [-0.4, -0.2) is 70.5 Å². The van der Waals surface area contributed by atoms with Crippen molar-refractivity contribution >= 4 is 53.2 Å². The molecule has 3 aromatic rings. The van der Waals surface area contributed by atoms with E-state index >= 15 is 0 Å². The topological polar surface area (TPSA) is 120 Å². The minimum Gasteiger partial charge on any atom is -0.481 e. The predicted octanol–water partition coefficient (Wildman–Crippen LogP) is 3.54. The fourth-order valence-electron chi connectivity index (χ4n) is 3.61. The van der Waals surface area contributed by atoms with Gasteiger partial charge in [-0.05, 0) is 53.8 Å². The molecule has 37 heavy (non-hydrogen) atoms. The summed E-state index contributed by atoms with van der Waals surface area (Å²) in [7, 11) is 0. The number of halogens is 1. The minimum absolute atomic E-state index is 0. The van der Waals surface area contributed by atoms with E-state index in [1.54, 1.807) is 42.6 Å². The summed E-state index contributed by atoms with van der Waals surface area (Å²) in [6.07, 6.45) is 3.07. The second-order valence-electron chi connectivity index (χ2n) is 8.23. The molecule has 10 heteroatoms. The molecule has 0 bridgehead atoms. The Hall–Kier alpha value is -3.27. The summed E-state index contributed by atoms with van der Waals surface area (Å²) in [5, 5.41) is 17.7. The van der Waals surface area contributed by atoms with Crippen LogP contribution < -0.4 is 16.0 Å². The van der Waals surface area contributed by atoms with Gasteiger partial charge in [-0.15, -0.1) is 0 Å². The summed E-state index contributed by atoms with van der Waals surface area (Å²) >= 11 is 0. The van der Waals surface area contributed by atoms with Gasteiger partial charge < -0.3 is 21.1 Å². The standard InChI is InChI=1S/C27H29FN4O4.Na/c28-22-7-5-6-21(16-22)19-10-12-20(13-11-19)23(17-27(35)36)32-26(34)18-31-25(33)9-2-4-15-30-24-8-1-3-14-29-24;/h1,3,5-8,10-14,16,23H,2,4,9,15,17-18H2,(H,29,30)(H,31,33)(H,32,34)(H,35,36);. The van der Waals surface area contributed by atoms with Gasteiger partial charge in [0.15, 0.2) is 0 Å². The molecule has 4 N–H and O–H groups in total. The van der Waals surface area contributed by atoms with Crippen molar-refractivity contribution in [2.75, 3.05) is 18.4 Å². The molecule has 1 unspecified atom stereocenters. The van der Waals surface area contributed by atoms with Crippen LogP contribution in [0, 0.1) is 5.82 Å². The number of benzene rings is 2. The Balaban J connectivity index is 0.00000481. The summed E-state index contributed by atoms with van der Waals surface area (Å²) in [4.78, 5) is 40.0. The zero-order valence-electron chi connectivity index (χ0n) is 20.7. The van der Waals surface area contributed by atoms with Crippen LogP contribution in [0.3, 0.4) is 0 Å². The largest absolute Gasteiger partial charge is 0.481 e. The molecular weight excluding hydrogens is 486 g/mol. The number of aromatic nitrogens is 1. The average Bonchev–Trinajstić information content (AvgIpc) is 2.87. The number of nitrogens with one attached hydrogen (secondary N) is 3. The molecule has 0 saturated carbocycles. The second kappa shape index (κ2) is 15.8. The van der Waals surface area contributed by atoms with E-state index in [4.69, 9.17) is 0 Å². The first-order chi connectivity index (χ1) is 17.4. The molecule has 3 rings (SSSR count). The number of nitrogens with zero attached hydrogens (tertiary/aromatic N) is 1. The number of hydrogen-bond acceptors (Lipinski definition) is 5. The van der Waals surface area contributed by atoms with Gasteiger partial charge in [0.2, 0.25) is 11.8 Å². The number of rotatable bonds is 13. The number of anilines is 1. The fourth-order valence-corrected chi connectivity index (χ4v) is 3.61. The molecule has 1 atom stereocenters. The quantitative estimate of drug-likeness (QED) is 0.204. The Kier molecular flexibility index (Phi) is 12.8. The molecular formula is C27H29FN4NaO4. The number of carbonyl (C=O) groups excluding carboxylic acids is 2. The molecule has 0 aliphatic rings. The third kappa shape index (κ3) is 10.7.